The molecule has 0 unspecified atom stereocenters. The van der Waals surface area contributed by atoms with Gasteiger partial charge in [-0.05, 0) is 12.1 Å². The number of aliphatic hydroxyl groups is 1. The second-order valence-electron chi connectivity index (χ2n) is 4.83. The van der Waals surface area contributed by atoms with Crippen molar-refractivity contribution in [2.45, 2.75) is 19.9 Å². The topological polar surface area (TPSA) is 104 Å². The van der Waals surface area contributed by atoms with Crippen LogP contribution in [-0.2, 0) is 0 Å². The van der Waals surface area contributed by atoms with Crippen molar-refractivity contribution in [3.8, 4) is 5.75 Å². The Morgan fingerprint density at radius 1 is 1.50 bits per heavy atom. The van der Waals surface area contributed by atoms with Crippen molar-refractivity contribution >= 4 is 5.97 Å². The van der Waals surface area contributed by atoms with Gasteiger partial charge in [0.1, 0.15) is 0 Å². The summed E-state index contributed by atoms with van der Waals surface area (Å²) < 4.78 is 13.4. The molecule has 5 N–H and O–H groups in total. The minimum Gasteiger partial charge on any atom is -0.505 e. The molecule has 0 aliphatic carbocycles. The molecule has 0 aliphatic rings. The van der Waals surface area contributed by atoms with Gasteiger partial charge in [-0.25, -0.2) is 9.18 Å². The Morgan fingerprint density at radius 2 is 2.06 bits per heavy atom. The van der Waals surface area contributed by atoms with Crippen molar-refractivity contribution in [1.29, 1.82) is 0 Å². The molecule has 6 heteroatoms. The number of hydrogen-bond donors (Lipinski definition) is 4. The molecule has 0 saturated heterocycles. The number of aromatic carboxylic acids is 1. The van der Waals surface area contributed by atoms with Crippen LogP contribution >= 0.6 is 0 Å². The Morgan fingerprint density at radius 3 is 2.50 bits per heavy atom. The molecule has 0 aromatic heterocycles. The fourth-order valence-corrected chi connectivity index (χ4v) is 1.50. The van der Waals surface area contributed by atoms with Gasteiger partial charge in [-0.1, -0.05) is 13.8 Å². The summed E-state index contributed by atoms with van der Waals surface area (Å²) in [7, 11) is 0. The van der Waals surface area contributed by atoms with E-state index in [2.05, 4.69) is 0 Å². The molecule has 1 atom stereocenters. The summed E-state index contributed by atoms with van der Waals surface area (Å²) >= 11 is 0. The monoisotopic (exact) mass is 257 g/mol. The van der Waals surface area contributed by atoms with E-state index in [4.69, 9.17) is 10.8 Å². The molecule has 1 aromatic carbocycles. The van der Waals surface area contributed by atoms with Crippen LogP contribution in [0.15, 0.2) is 12.1 Å². The van der Waals surface area contributed by atoms with Crippen LogP contribution in [0.25, 0.3) is 0 Å². The van der Waals surface area contributed by atoms with Crippen molar-refractivity contribution in [1.82, 2.24) is 0 Å². The van der Waals surface area contributed by atoms with E-state index >= 15 is 0 Å². The van der Waals surface area contributed by atoms with Gasteiger partial charge in [0.2, 0.25) is 0 Å². The normalized spacial score (nSPS) is 13.4. The van der Waals surface area contributed by atoms with E-state index in [1.165, 1.54) is 0 Å². The molecule has 0 heterocycles. The van der Waals surface area contributed by atoms with E-state index in [0.29, 0.717) is 0 Å². The predicted molar refractivity (Wildman–Crippen MR) is 62.8 cm³/mol. The van der Waals surface area contributed by atoms with Crippen LogP contribution in [0.5, 0.6) is 5.75 Å². The summed E-state index contributed by atoms with van der Waals surface area (Å²) in [5.41, 5.74) is 4.69. The molecule has 0 aliphatic heterocycles. The minimum absolute atomic E-state index is 0.0357. The fraction of sp³-hybridized carbons (Fsp3) is 0.417. The highest BCUT2D eigenvalue weighted by Crippen LogP contribution is 2.37. The lowest BCUT2D eigenvalue weighted by Crippen LogP contribution is -2.32. The zero-order valence-corrected chi connectivity index (χ0v) is 10.1. The first-order chi connectivity index (χ1) is 8.20. The number of carboxylic acid groups (broad SMARTS) is 1. The molecule has 0 bridgehead atoms. The van der Waals surface area contributed by atoms with Crippen LogP contribution in [0, 0.1) is 11.2 Å². The fourth-order valence-electron chi connectivity index (χ4n) is 1.50. The standard InChI is InChI=1S/C12H16FNO4/c1-12(2,5-15)10(14)7-3-6(11(17)18)4-8(13)9(7)16/h3-4,10,15-16H,5,14H2,1-2H3,(H,17,18)/t10-/m0/s1. The van der Waals surface area contributed by atoms with Crippen LogP contribution < -0.4 is 5.73 Å². The maximum absolute atomic E-state index is 13.4. The van der Waals surface area contributed by atoms with Gasteiger partial charge in [0.25, 0.3) is 0 Å². The average Bonchev–Trinajstić information content (AvgIpc) is 2.31. The van der Waals surface area contributed by atoms with E-state index in [9.17, 15) is 19.4 Å². The highest BCUT2D eigenvalue weighted by molar-refractivity contribution is 5.88. The number of nitrogens with two attached hydrogens (primary N) is 1. The summed E-state index contributed by atoms with van der Waals surface area (Å²) in [6.07, 6.45) is 0. The maximum atomic E-state index is 13.4. The highest BCUT2D eigenvalue weighted by Gasteiger charge is 2.30. The van der Waals surface area contributed by atoms with E-state index in [1.807, 2.05) is 0 Å². The molecule has 1 rings (SSSR count). The molecule has 18 heavy (non-hydrogen) atoms. The van der Waals surface area contributed by atoms with Gasteiger partial charge in [0, 0.05) is 23.6 Å². The lowest BCUT2D eigenvalue weighted by molar-refractivity contribution is 0.0696. The molecule has 0 amide bonds. The van der Waals surface area contributed by atoms with Gasteiger partial charge < -0.3 is 21.1 Å². The van der Waals surface area contributed by atoms with E-state index in [-0.39, 0.29) is 17.7 Å². The van der Waals surface area contributed by atoms with Crippen LogP contribution in [0.1, 0.15) is 35.8 Å². The Balaban J connectivity index is 3.35. The van der Waals surface area contributed by atoms with Gasteiger partial charge in [0.15, 0.2) is 11.6 Å². The third-order valence-electron chi connectivity index (χ3n) is 2.92. The number of aromatic hydroxyl groups is 1. The Bertz CT molecular complexity index is 473. The second kappa shape index (κ2) is 4.91. The number of phenolic OH excluding ortho intramolecular Hbond substituents is 1. The Labute approximate surface area is 104 Å². The number of benzene rings is 1. The molecule has 0 radical (unpaired) electrons. The van der Waals surface area contributed by atoms with Crippen molar-refractivity contribution in [3.05, 3.63) is 29.1 Å². The number of hydrogen-bond acceptors (Lipinski definition) is 4. The van der Waals surface area contributed by atoms with Crippen LogP contribution in [0.4, 0.5) is 4.39 Å². The number of halogens is 1. The summed E-state index contributed by atoms with van der Waals surface area (Å²) in [5, 5.41) is 27.6. The number of rotatable bonds is 4. The van der Waals surface area contributed by atoms with Crippen LogP contribution in [-0.4, -0.2) is 27.9 Å². The summed E-state index contributed by atoms with van der Waals surface area (Å²) in [6.45, 7) is 2.97. The summed E-state index contributed by atoms with van der Waals surface area (Å²) in [6, 6.07) is 0.944. The first-order valence-corrected chi connectivity index (χ1v) is 5.33. The zero-order chi connectivity index (χ0) is 14.1. The Kier molecular flexibility index (Phi) is 3.93. The van der Waals surface area contributed by atoms with Crippen molar-refractivity contribution in [2.24, 2.45) is 11.1 Å². The van der Waals surface area contributed by atoms with Crippen LogP contribution in [0.3, 0.4) is 0 Å². The summed E-state index contributed by atoms with van der Waals surface area (Å²) in [5.74, 6) is -3.05. The summed E-state index contributed by atoms with van der Waals surface area (Å²) in [4.78, 5) is 10.8. The first-order valence-electron chi connectivity index (χ1n) is 5.33. The average molecular weight is 257 g/mol. The second-order valence-corrected chi connectivity index (χ2v) is 4.83. The van der Waals surface area contributed by atoms with E-state index in [1.54, 1.807) is 13.8 Å². The molecule has 0 fully saturated rings. The molecular formula is C12H16FNO4. The number of aliphatic hydroxyl groups excluding tert-OH is 1. The van der Waals surface area contributed by atoms with Crippen LogP contribution in [0.2, 0.25) is 0 Å². The number of phenols is 1. The lowest BCUT2D eigenvalue weighted by Gasteiger charge is -2.30. The minimum atomic E-state index is -1.32. The quantitative estimate of drug-likeness (QED) is 0.650. The predicted octanol–water partition coefficient (Wildman–Crippen LogP) is 1.25. The molecule has 5 nitrogen and oxygen atoms in total. The van der Waals surface area contributed by atoms with Gasteiger partial charge in [-0.3, -0.25) is 0 Å². The molecule has 0 spiro atoms. The first kappa shape index (κ1) is 14.4. The van der Waals surface area contributed by atoms with Crippen molar-refractivity contribution < 1.29 is 24.5 Å². The zero-order valence-electron chi connectivity index (χ0n) is 10.1. The SMILES string of the molecule is CC(C)(CO)[C@@H](N)c1cc(C(=O)O)cc(F)c1O. The highest BCUT2D eigenvalue weighted by atomic mass is 19.1. The number of carbonyl (C=O) groups is 1. The largest absolute Gasteiger partial charge is 0.505 e. The Hall–Kier alpha value is -1.66. The van der Waals surface area contributed by atoms with Gasteiger partial charge in [-0.2, -0.15) is 0 Å². The smallest absolute Gasteiger partial charge is 0.335 e. The van der Waals surface area contributed by atoms with Gasteiger partial charge in [0.05, 0.1) is 5.56 Å². The molecular weight excluding hydrogens is 241 g/mol. The lowest BCUT2D eigenvalue weighted by atomic mass is 9.81. The molecule has 100 valence electrons. The van der Waals surface area contributed by atoms with E-state index in [0.717, 1.165) is 12.1 Å². The third-order valence-corrected chi connectivity index (χ3v) is 2.92. The number of carboxylic acids is 1. The van der Waals surface area contributed by atoms with E-state index < -0.39 is 29.0 Å². The van der Waals surface area contributed by atoms with Gasteiger partial charge in [-0.15, -0.1) is 0 Å². The molecule has 0 saturated carbocycles. The molecule has 1 aromatic rings. The third kappa shape index (κ3) is 2.60. The van der Waals surface area contributed by atoms with Crippen molar-refractivity contribution in [2.75, 3.05) is 6.61 Å². The maximum Gasteiger partial charge on any atom is 0.335 e. The van der Waals surface area contributed by atoms with Crippen molar-refractivity contribution in [3.63, 3.8) is 0 Å². The van der Waals surface area contributed by atoms with Gasteiger partial charge >= 0.3 is 5.97 Å².